The first-order chi connectivity index (χ1) is 9.16. The average Bonchev–Trinajstić information content (AvgIpc) is 2.78. The predicted octanol–water partition coefficient (Wildman–Crippen LogP) is 1.03. The van der Waals surface area contributed by atoms with E-state index in [1.165, 1.54) is 0 Å². The van der Waals surface area contributed by atoms with Crippen molar-refractivity contribution in [3.05, 3.63) is 47.8 Å². The van der Waals surface area contributed by atoms with E-state index in [0.29, 0.717) is 12.1 Å². The van der Waals surface area contributed by atoms with Crippen LogP contribution in [0.2, 0.25) is 0 Å². The van der Waals surface area contributed by atoms with Gasteiger partial charge in [0.25, 0.3) is 0 Å². The lowest BCUT2D eigenvalue weighted by molar-refractivity contribution is -0.120. The molecule has 100 valence electrons. The number of phenols is 1. The van der Waals surface area contributed by atoms with Crippen molar-refractivity contribution >= 4 is 5.91 Å². The fraction of sp³-hybridized carbons (Fsp3) is 0.286. The number of nitrogens with zero attached hydrogens (tertiary/aromatic N) is 2. The molecule has 5 heteroatoms. The van der Waals surface area contributed by atoms with E-state index in [9.17, 15) is 9.90 Å². The summed E-state index contributed by atoms with van der Waals surface area (Å²) in [5.74, 6) is 0.0629. The van der Waals surface area contributed by atoms with Gasteiger partial charge in [-0.25, -0.2) is 0 Å². The molecule has 19 heavy (non-hydrogen) atoms. The van der Waals surface area contributed by atoms with Crippen molar-refractivity contribution < 1.29 is 9.90 Å². The molecular formula is C14H17N3O2. The third-order valence-electron chi connectivity index (χ3n) is 2.97. The molecule has 2 rings (SSSR count). The lowest BCUT2D eigenvalue weighted by Crippen LogP contribution is -2.27. The topological polar surface area (TPSA) is 67.2 Å². The number of aryl methyl sites for hydroxylation is 1. The fourth-order valence-corrected chi connectivity index (χ4v) is 1.87. The number of nitrogens with one attached hydrogen (secondary N) is 1. The lowest BCUT2D eigenvalue weighted by Gasteiger charge is -2.06. The van der Waals surface area contributed by atoms with Gasteiger partial charge >= 0.3 is 0 Å². The van der Waals surface area contributed by atoms with Gasteiger partial charge in [0.05, 0.1) is 6.42 Å². The van der Waals surface area contributed by atoms with E-state index < -0.39 is 0 Å². The number of hydrogen-bond donors (Lipinski definition) is 2. The first kappa shape index (κ1) is 13.1. The average molecular weight is 259 g/mol. The zero-order valence-corrected chi connectivity index (χ0v) is 10.8. The molecule has 1 aromatic heterocycles. The van der Waals surface area contributed by atoms with Gasteiger partial charge in [-0.2, -0.15) is 5.10 Å². The summed E-state index contributed by atoms with van der Waals surface area (Å²) in [6, 6.07) is 8.79. The van der Waals surface area contributed by atoms with E-state index in [-0.39, 0.29) is 18.1 Å². The van der Waals surface area contributed by atoms with Gasteiger partial charge < -0.3 is 10.4 Å². The number of phenolic OH excluding ortho intramolecular Hbond substituents is 1. The maximum atomic E-state index is 11.7. The molecular weight excluding hydrogens is 242 g/mol. The number of carbonyl (C=O) groups is 1. The molecule has 1 heterocycles. The van der Waals surface area contributed by atoms with Crippen molar-refractivity contribution in [2.45, 2.75) is 12.8 Å². The van der Waals surface area contributed by atoms with E-state index in [4.69, 9.17) is 0 Å². The van der Waals surface area contributed by atoms with E-state index >= 15 is 0 Å². The zero-order chi connectivity index (χ0) is 13.7. The van der Waals surface area contributed by atoms with Gasteiger partial charge in [-0.1, -0.05) is 18.2 Å². The highest BCUT2D eigenvalue weighted by Gasteiger charge is 2.07. The van der Waals surface area contributed by atoms with Crippen molar-refractivity contribution in [2.24, 2.45) is 7.05 Å². The van der Waals surface area contributed by atoms with E-state index in [0.717, 1.165) is 12.1 Å². The van der Waals surface area contributed by atoms with Crippen LogP contribution in [-0.4, -0.2) is 27.3 Å². The molecule has 1 aromatic carbocycles. The van der Waals surface area contributed by atoms with Gasteiger partial charge in [0.2, 0.25) is 5.91 Å². The number of benzene rings is 1. The second-order valence-corrected chi connectivity index (χ2v) is 4.35. The minimum Gasteiger partial charge on any atom is -0.508 e. The second kappa shape index (κ2) is 6.04. The molecule has 0 saturated carbocycles. The summed E-state index contributed by atoms with van der Waals surface area (Å²) >= 11 is 0. The Balaban J connectivity index is 1.79. The first-order valence-corrected chi connectivity index (χ1v) is 6.17. The van der Waals surface area contributed by atoms with Gasteiger partial charge in [-0.05, 0) is 12.1 Å². The number of hydrogen-bond acceptors (Lipinski definition) is 3. The zero-order valence-electron chi connectivity index (χ0n) is 10.8. The third kappa shape index (κ3) is 3.58. The van der Waals surface area contributed by atoms with Crippen molar-refractivity contribution in [1.82, 2.24) is 15.1 Å². The maximum absolute atomic E-state index is 11.7. The summed E-state index contributed by atoms with van der Waals surface area (Å²) in [6.07, 6.45) is 2.67. The summed E-state index contributed by atoms with van der Waals surface area (Å²) in [6.45, 7) is 0.561. The van der Waals surface area contributed by atoms with Crippen LogP contribution in [0.4, 0.5) is 0 Å². The Bertz CT molecular complexity index is 563. The highest BCUT2D eigenvalue weighted by Crippen LogP contribution is 2.15. The molecule has 2 aromatic rings. The molecule has 0 aliphatic heterocycles. The minimum atomic E-state index is -0.0938. The van der Waals surface area contributed by atoms with Crippen LogP contribution in [0.15, 0.2) is 36.5 Å². The molecule has 0 spiro atoms. The Hall–Kier alpha value is -2.30. The molecule has 0 saturated heterocycles. The Morgan fingerprint density at radius 3 is 2.84 bits per heavy atom. The van der Waals surface area contributed by atoms with Crippen molar-refractivity contribution in [3.63, 3.8) is 0 Å². The third-order valence-corrected chi connectivity index (χ3v) is 2.97. The van der Waals surface area contributed by atoms with Gasteiger partial charge in [-0.15, -0.1) is 0 Å². The van der Waals surface area contributed by atoms with Gasteiger partial charge in [0.15, 0.2) is 0 Å². The van der Waals surface area contributed by atoms with E-state index in [1.807, 2.05) is 13.1 Å². The lowest BCUT2D eigenvalue weighted by atomic mass is 10.1. The molecule has 0 atom stereocenters. The smallest absolute Gasteiger partial charge is 0.224 e. The van der Waals surface area contributed by atoms with Crippen molar-refractivity contribution in [2.75, 3.05) is 6.54 Å². The highest BCUT2D eigenvalue weighted by molar-refractivity contribution is 5.79. The van der Waals surface area contributed by atoms with Gasteiger partial charge in [0, 0.05) is 37.5 Å². The van der Waals surface area contributed by atoms with Crippen LogP contribution in [0.25, 0.3) is 0 Å². The molecule has 0 bridgehead atoms. The molecule has 2 N–H and O–H groups in total. The van der Waals surface area contributed by atoms with Crippen LogP contribution in [0.3, 0.4) is 0 Å². The number of aromatic nitrogens is 2. The minimum absolute atomic E-state index is 0.0938. The number of carbonyl (C=O) groups excluding carboxylic acids is 1. The van der Waals surface area contributed by atoms with Crippen LogP contribution in [-0.2, 0) is 24.7 Å². The number of aromatic hydroxyl groups is 1. The quantitative estimate of drug-likeness (QED) is 0.842. The molecule has 0 fully saturated rings. The highest BCUT2D eigenvalue weighted by atomic mass is 16.3. The molecule has 0 aliphatic rings. The van der Waals surface area contributed by atoms with Crippen LogP contribution in [0, 0.1) is 0 Å². The SMILES string of the molecule is Cn1nccc1CCNC(=O)Cc1ccccc1O. The summed E-state index contributed by atoms with van der Waals surface area (Å²) in [4.78, 5) is 11.7. The first-order valence-electron chi connectivity index (χ1n) is 6.17. The normalized spacial score (nSPS) is 10.4. The Labute approximate surface area is 111 Å². The molecule has 0 aliphatic carbocycles. The maximum Gasteiger partial charge on any atom is 0.224 e. The molecule has 0 radical (unpaired) electrons. The summed E-state index contributed by atoms with van der Waals surface area (Å²) in [5, 5.41) is 16.5. The van der Waals surface area contributed by atoms with Crippen LogP contribution in [0.1, 0.15) is 11.3 Å². The van der Waals surface area contributed by atoms with Crippen LogP contribution >= 0.6 is 0 Å². The molecule has 0 unspecified atom stereocenters. The largest absolute Gasteiger partial charge is 0.508 e. The predicted molar refractivity (Wildman–Crippen MR) is 71.7 cm³/mol. The summed E-state index contributed by atoms with van der Waals surface area (Å²) < 4.78 is 1.79. The number of para-hydroxylation sites is 1. The monoisotopic (exact) mass is 259 g/mol. The Kier molecular flexibility index (Phi) is 4.18. The second-order valence-electron chi connectivity index (χ2n) is 4.35. The Morgan fingerprint density at radius 2 is 2.16 bits per heavy atom. The molecule has 5 nitrogen and oxygen atoms in total. The van der Waals surface area contributed by atoms with Gasteiger partial charge in [0.1, 0.15) is 5.75 Å². The van der Waals surface area contributed by atoms with Crippen molar-refractivity contribution in [3.8, 4) is 5.75 Å². The van der Waals surface area contributed by atoms with Gasteiger partial charge in [-0.3, -0.25) is 9.48 Å². The summed E-state index contributed by atoms with van der Waals surface area (Å²) in [7, 11) is 1.87. The fourth-order valence-electron chi connectivity index (χ4n) is 1.87. The molecule has 1 amide bonds. The number of rotatable bonds is 5. The Morgan fingerprint density at radius 1 is 1.37 bits per heavy atom. The van der Waals surface area contributed by atoms with Crippen molar-refractivity contribution in [1.29, 1.82) is 0 Å². The van der Waals surface area contributed by atoms with Crippen LogP contribution < -0.4 is 5.32 Å². The van der Waals surface area contributed by atoms with Crippen LogP contribution in [0.5, 0.6) is 5.75 Å². The van der Waals surface area contributed by atoms with E-state index in [2.05, 4.69) is 10.4 Å². The standard InChI is InChI=1S/C14H17N3O2/c1-17-12(7-9-16-17)6-8-15-14(19)10-11-4-2-3-5-13(11)18/h2-5,7,9,18H,6,8,10H2,1H3,(H,15,19). The van der Waals surface area contributed by atoms with E-state index in [1.54, 1.807) is 35.1 Å². The number of amides is 1. The summed E-state index contributed by atoms with van der Waals surface area (Å²) in [5.41, 5.74) is 1.71.